The van der Waals surface area contributed by atoms with E-state index in [-0.39, 0.29) is 18.5 Å². The van der Waals surface area contributed by atoms with Gasteiger partial charge in [-0.2, -0.15) is 0 Å². The van der Waals surface area contributed by atoms with Crippen molar-refractivity contribution in [1.82, 2.24) is 0 Å². The Morgan fingerprint density at radius 1 is 1.05 bits per heavy atom. The Bertz CT molecular complexity index is 598. The van der Waals surface area contributed by atoms with Crippen LogP contribution in [0.3, 0.4) is 0 Å². The molecule has 0 saturated heterocycles. The lowest BCUT2D eigenvalue weighted by molar-refractivity contribution is -0.143. The van der Waals surface area contributed by atoms with Gasteiger partial charge < -0.3 is 4.74 Å². The predicted octanol–water partition coefficient (Wildman–Crippen LogP) is 3.53. The molecule has 1 aliphatic carbocycles. The van der Waals surface area contributed by atoms with Crippen molar-refractivity contribution in [3.8, 4) is 11.1 Å². The fourth-order valence-electron chi connectivity index (χ4n) is 2.63. The second-order valence-corrected chi connectivity index (χ2v) is 4.53. The second-order valence-electron chi connectivity index (χ2n) is 4.53. The first-order valence-electron chi connectivity index (χ1n) is 6.28. The molecule has 0 aliphatic heterocycles. The molecule has 2 heteroatoms. The van der Waals surface area contributed by atoms with Crippen LogP contribution in [-0.2, 0) is 9.53 Å². The summed E-state index contributed by atoms with van der Waals surface area (Å²) in [4.78, 5) is 12.3. The normalized spacial score (nSPS) is 12.6. The van der Waals surface area contributed by atoms with Crippen LogP contribution in [0, 0.1) is 0 Å². The van der Waals surface area contributed by atoms with Gasteiger partial charge in [0.15, 0.2) is 0 Å². The van der Waals surface area contributed by atoms with Gasteiger partial charge in [0.25, 0.3) is 0 Å². The highest BCUT2D eigenvalue weighted by molar-refractivity contribution is 5.93. The van der Waals surface area contributed by atoms with Crippen molar-refractivity contribution < 1.29 is 9.53 Å². The first kappa shape index (κ1) is 11.7. The van der Waals surface area contributed by atoms with Gasteiger partial charge in [0.2, 0.25) is 0 Å². The monoisotopic (exact) mass is 250 g/mol. The third-order valence-corrected chi connectivity index (χ3v) is 3.41. The molecule has 0 saturated carbocycles. The summed E-state index contributed by atoms with van der Waals surface area (Å²) >= 11 is 0. The highest BCUT2D eigenvalue weighted by Crippen LogP contribution is 2.44. The van der Waals surface area contributed by atoms with Crippen molar-refractivity contribution in [2.75, 3.05) is 6.61 Å². The van der Waals surface area contributed by atoms with Gasteiger partial charge in [0.05, 0.1) is 0 Å². The van der Waals surface area contributed by atoms with Gasteiger partial charge in [0, 0.05) is 0 Å². The van der Waals surface area contributed by atoms with Crippen LogP contribution in [0.15, 0.2) is 61.2 Å². The van der Waals surface area contributed by atoms with E-state index in [0.29, 0.717) is 0 Å². The lowest BCUT2D eigenvalue weighted by Gasteiger charge is -2.11. The van der Waals surface area contributed by atoms with Crippen LogP contribution >= 0.6 is 0 Å². The van der Waals surface area contributed by atoms with Crippen molar-refractivity contribution in [2.24, 2.45) is 0 Å². The average molecular weight is 250 g/mol. The predicted molar refractivity (Wildman–Crippen MR) is 74.9 cm³/mol. The summed E-state index contributed by atoms with van der Waals surface area (Å²) in [6, 6.07) is 16.0. The standard InChI is InChI=1S/C17H14O2/c1-2-11-19-17(18)16-14-9-5-3-7-12(14)13-8-4-6-10-15(13)16/h2-10,16H,1,11H2. The fourth-order valence-corrected chi connectivity index (χ4v) is 2.63. The topological polar surface area (TPSA) is 26.3 Å². The van der Waals surface area contributed by atoms with E-state index in [9.17, 15) is 4.79 Å². The smallest absolute Gasteiger partial charge is 0.318 e. The summed E-state index contributed by atoms with van der Waals surface area (Å²) in [6.07, 6.45) is 1.59. The number of ether oxygens (including phenoxy) is 1. The molecule has 0 aromatic heterocycles. The summed E-state index contributed by atoms with van der Waals surface area (Å²) in [7, 11) is 0. The molecule has 2 aromatic rings. The van der Waals surface area contributed by atoms with Gasteiger partial charge in [-0.3, -0.25) is 4.79 Å². The first-order valence-corrected chi connectivity index (χ1v) is 6.28. The maximum atomic E-state index is 12.3. The molecule has 2 nitrogen and oxygen atoms in total. The van der Waals surface area contributed by atoms with Gasteiger partial charge in [0.1, 0.15) is 12.5 Å². The molecule has 0 atom stereocenters. The Labute approximate surface area is 112 Å². The van der Waals surface area contributed by atoms with Crippen molar-refractivity contribution in [2.45, 2.75) is 5.92 Å². The molecule has 0 N–H and O–H groups in total. The molecule has 94 valence electrons. The Morgan fingerprint density at radius 3 is 2.11 bits per heavy atom. The molecule has 0 heterocycles. The number of rotatable bonds is 3. The van der Waals surface area contributed by atoms with Crippen molar-refractivity contribution in [3.63, 3.8) is 0 Å². The lowest BCUT2D eigenvalue weighted by Crippen LogP contribution is -2.15. The molecule has 0 amide bonds. The molecule has 0 unspecified atom stereocenters. The Hall–Kier alpha value is -2.35. The largest absolute Gasteiger partial charge is 0.461 e. The molecule has 0 spiro atoms. The lowest BCUT2D eigenvalue weighted by atomic mass is 9.97. The number of carbonyl (C=O) groups is 1. The van der Waals surface area contributed by atoms with Gasteiger partial charge in [-0.05, 0) is 22.3 Å². The maximum Gasteiger partial charge on any atom is 0.318 e. The molecular weight excluding hydrogens is 236 g/mol. The number of fused-ring (bicyclic) bond motifs is 3. The number of hydrogen-bond acceptors (Lipinski definition) is 2. The zero-order valence-electron chi connectivity index (χ0n) is 10.5. The van der Waals surface area contributed by atoms with E-state index in [1.165, 1.54) is 0 Å². The Balaban J connectivity index is 2.09. The molecule has 3 rings (SSSR count). The zero-order valence-corrected chi connectivity index (χ0v) is 10.5. The number of benzene rings is 2. The van der Waals surface area contributed by atoms with Crippen LogP contribution in [0.5, 0.6) is 0 Å². The molecule has 19 heavy (non-hydrogen) atoms. The van der Waals surface area contributed by atoms with E-state index in [2.05, 4.69) is 18.7 Å². The summed E-state index contributed by atoms with van der Waals surface area (Å²) < 4.78 is 5.23. The van der Waals surface area contributed by atoms with E-state index < -0.39 is 0 Å². The average Bonchev–Trinajstić information content (AvgIpc) is 2.79. The summed E-state index contributed by atoms with van der Waals surface area (Å²) in [5.74, 6) is -0.523. The van der Waals surface area contributed by atoms with E-state index in [0.717, 1.165) is 22.3 Å². The number of esters is 1. The highest BCUT2D eigenvalue weighted by Gasteiger charge is 2.34. The molecule has 0 radical (unpaired) electrons. The number of carbonyl (C=O) groups excluding carboxylic acids is 1. The van der Waals surface area contributed by atoms with Gasteiger partial charge in [-0.15, -0.1) is 0 Å². The molecule has 0 fully saturated rings. The third kappa shape index (κ3) is 1.85. The molecular formula is C17H14O2. The molecule has 0 bridgehead atoms. The molecule has 1 aliphatic rings. The van der Waals surface area contributed by atoms with Crippen molar-refractivity contribution >= 4 is 5.97 Å². The van der Waals surface area contributed by atoms with Crippen molar-refractivity contribution in [3.05, 3.63) is 72.3 Å². The molecule has 2 aromatic carbocycles. The maximum absolute atomic E-state index is 12.3. The van der Waals surface area contributed by atoms with Gasteiger partial charge in [-0.25, -0.2) is 0 Å². The van der Waals surface area contributed by atoms with E-state index in [1.807, 2.05) is 36.4 Å². The SMILES string of the molecule is C=CCOC(=O)C1c2ccccc2-c2ccccc21. The van der Waals surface area contributed by atoms with Crippen LogP contribution in [0.2, 0.25) is 0 Å². The Morgan fingerprint density at radius 2 is 1.58 bits per heavy atom. The summed E-state index contributed by atoms with van der Waals surface area (Å²) in [5.41, 5.74) is 4.30. The minimum atomic E-state index is -0.313. The van der Waals surface area contributed by atoms with Crippen LogP contribution in [0.1, 0.15) is 17.0 Å². The highest BCUT2D eigenvalue weighted by atomic mass is 16.5. The van der Waals surface area contributed by atoms with E-state index in [1.54, 1.807) is 6.08 Å². The van der Waals surface area contributed by atoms with Crippen molar-refractivity contribution in [1.29, 1.82) is 0 Å². The summed E-state index contributed by atoms with van der Waals surface area (Å²) in [6.45, 7) is 3.82. The second kappa shape index (κ2) is 4.73. The number of hydrogen-bond donors (Lipinski definition) is 0. The third-order valence-electron chi connectivity index (χ3n) is 3.41. The minimum absolute atomic E-state index is 0.211. The zero-order chi connectivity index (χ0) is 13.2. The Kier molecular flexibility index (Phi) is 2.92. The van der Waals surface area contributed by atoms with Crippen LogP contribution < -0.4 is 0 Å². The van der Waals surface area contributed by atoms with E-state index in [4.69, 9.17) is 4.74 Å². The van der Waals surface area contributed by atoms with E-state index >= 15 is 0 Å². The fraction of sp³-hybridized carbons (Fsp3) is 0.118. The first-order chi connectivity index (χ1) is 9.33. The van der Waals surface area contributed by atoms with Crippen LogP contribution in [-0.4, -0.2) is 12.6 Å². The van der Waals surface area contributed by atoms with Crippen LogP contribution in [0.25, 0.3) is 11.1 Å². The van der Waals surface area contributed by atoms with Gasteiger partial charge in [-0.1, -0.05) is 61.2 Å². The van der Waals surface area contributed by atoms with Gasteiger partial charge >= 0.3 is 5.97 Å². The summed E-state index contributed by atoms with van der Waals surface area (Å²) in [5, 5.41) is 0. The minimum Gasteiger partial charge on any atom is -0.461 e. The van der Waals surface area contributed by atoms with Crippen LogP contribution in [0.4, 0.5) is 0 Å². The quantitative estimate of drug-likeness (QED) is 0.615.